The zero-order chi connectivity index (χ0) is 18.1. The number of hydrogen-bond donors (Lipinski definition) is 2. The summed E-state index contributed by atoms with van der Waals surface area (Å²) in [6.07, 6.45) is 4.95. The molecule has 0 aromatic carbocycles. The van der Waals surface area contributed by atoms with Gasteiger partial charge in [-0.1, -0.05) is 6.92 Å². The third-order valence-corrected chi connectivity index (χ3v) is 4.85. The molecule has 142 valence electrons. The van der Waals surface area contributed by atoms with Gasteiger partial charge in [0, 0.05) is 38.9 Å². The molecule has 1 aliphatic rings. The highest BCUT2D eigenvalue weighted by Crippen LogP contribution is 2.15. The molecule has 1 atom stereocenters. The number of hydrogen-bond acceptors (Lipinski definition) is 3. The van der Waals surface area contributed by atoms with Crippen molar-refractivity contribution in [3.8, 4) is 0 Å². The number of guanidine groups is 1. The number of nitrogens with one attached hydrogen (secondary N) is 2. The second-order valence-corrected chi connectivity index (χ2v) is 7.33. The number of rotatable bonds is 8. The van der Waals surface area contributed by atoms with Crippen molar-refractivity contribution >= 4 is 5.96 Å². The standard InChI is InChI=1S/C19H36N6/c1-16-8-5-11-24(15-16)12-6-9-21-19(20-4)22-10-7-13-25-18(3)14-17(2)23-25/h14,16H,5-13,15H2,1-4H3,(H2,20,21,22). The van der Waals surface area contributed by atoms with E-state index in [4.69, 9.17) is 0 Å². The summed E-state index contributed by atoms with van der Waals surface area (Å²) < 4.78 is 2.08. The Balaban J connectivity index is 1.55. The highest BCUT2D eigenvalue weighted by atomic mass is 15.3. The fraction of sp³-hybridized carbons (Fsp3) is 0.789. The molecular weight excluding hydrogens is 312 g/mol. The van der Waals surface area contributed by atoms with Crippen molar-refractivity contribution in [2.75, 3.05) is 39.8 Å². The first-order chi connectivity index (χ1) is 12.1. The van der Waals surface area contributed by atoms with E-state index in [-0.39, 0.29) is 0 Å². The molecule has 0 spiro atoms. The molecule has 6 nitrogen and oxygen atoms in total. The Morgan fingerprint density at radius 2 is 1.96 bits per heavy atom. The van der Waals surface area contributed by atoms with Crippen LogP contribution in [0.2, 0.25) is 0 Å². The fourth-order valence-electron chi connectivity index (χ4n) is 3.56. The molecule has 1 aromatic heterocycles. The van der Waals surface area contributed by atoms with Crippen LogP contribution >= 0.6 is 0 Å². The van der Waals surface area contributed by atoms with Gasteiger partial charge in [-0.15, -0.1) is 0 Å². The van der Waals surface area contributed by atoms with Crippen molar-refractivity contribution in [3.05, 3.63) is 17.5 Å². The zero-order valence-electron chi connectivity index (χ0n) is 16.5. The second-order valence-electron chi connectivity index (χ2n) is 7.33. The van der Waals surface area contributed by atoms with Crippen LogP contribution in [-0.4, -0.2) is 60.4 Å². The molecule has 2 heterocycles. The Hall–Kier alpha value is -1.56. The van der Waals surface area contributed by atoms with Crippen LogP contribution in [0.3, 0.4) is 0 Å². The van der Waals surface area contributed by atoms with Gasteiger partial charge in [-0.3, -0.25) is 9.67 Å². The van der Waals surface area contributed by atoms with E-state index in [1.165, 1.54) is 44.6 Å². The van der Waals surface area contributed by atoms with E-state index in [2.05, 4.69) is 50.2 Å². The minimum atomic E-state index is 0.860. The summed E-state index contributed by atoms with van der Waals surface area (Å²) in [7, 11) is 1.84. The van der Waals surface area contributed by atoms with Crippen molar-refractivity contribution in [2.24, 2.45) is 10.9 Å². The van der Waals surface area contributed by atoms with Crippen LogP contribution in [0.1, 0.15) is 44.0 Å². The van der Waals surface area contributed by atoms with Gasteiger partial charge in [0.15, 0.2) is 5.96 Å². The minimum absolute atomic E-state index is 0.860. The van der Waals surface area contributed by atoms with E-state index in [0.29, 0.717) is 0 Å². The van der Waals surface area contributed by atoms with E-state index in [0.717, 1.165) is 43.6 Å². The SMILES string of the molecule is CN=C(NCCCN1CCCC(C)C1)NCCCn1nc(C)cc1C. The van der Waals surface area contributed by atoms with Crippen LogP contribution in [0.4, 0.5) is 0 Å². The van der Waals surface area contributed by atoms with Gasteiger partial charge in [-0.05, 0) is 64.6 Å². The van der Waals surface area contributed by atoms with Gasteiger partial charge in [0.05, 0.1) is 5.69 Å². The summed E-state index contributed by atoms with van der Waals surface area (Å²) in [6.45, 7) is 13.0. The number of likely N-dealkylation sites (tertiary alicyclic amines) is 1. The third kappa shape index (κ3) is 7.06. The minimum Gasteiger partial charge on any atom is -0.356 e. The largest absolute Gasteiger partial charge is 0.356 e. The summed E-state index contributed by atoms with van der Waals surface area (Å²) >= 11 is 0. The molecule has 0 saturated carbocycles. The maximum Gasteiger partial charge on any atom is 0.190 e. The summed E-state index contributed by atoms with van der Waals surface area (Å²) in [6, 6.07) is 2.12. The monoisotopic (exact) mass is 348 g/mol. The average Bonchev–Trinajstić information content (AvgIpc) is 2.91. The highest BCUT2D eigenvalue weighted by Gasteiger charge is 2.15. The van der Waals surface area contributed by atoms with Gasteiger partial charge in [0.25, 0.3) is 0 Å². The number of aliphatic imine (C=N–C) groups is 1. The zero-order valence-corrected chi connectivity index (χ0v) is 16.5. The summed E-state index contributed by atoms with van der Waals surface area (Å²) in [5.41, 5.74) is 2.32. The smallest absolute Gasteiger partial charge is 0.190 e. The van der Waals surface area contributed by atoms with Crippen LogP contribution in [-0.2, 0) is 6.54 Å². The molecule has 1 unspecified atom stereocenters. The second kappa shape index (κ2) is 10.4. The van der Waals surface area contributed by atoms with Crippen LogP contribution in [0, 0.1) is 19.8 Å². The molecule has 1 aliphatic heterocycles. The normalized spacial score (nSPS) is 19.2. The predicted molar refractivity (Wildman–Crippen MR) is 105 cm³/mol. The quantitative estimate of drug-likeness (QED) is 0.429. The molecule has 2 rings (SSSR count). The first-order valence-corrected chi connectivity index (χ1v) is 9.76. The van der Waals surface area contributed by atoms with Gasteiger partial charge in [0.2, 0.25) is 0 Å². The summed E-state index contributed by atoms with van der Waals surface area (Å²) in [4.78, 5) is 6.91. The summed E-state index contributed by atoms with van der Waals surface area (Å²) in [5, 5.41) is 11.3. The van der Waals surface area contributed by atoms with Crippen LogP contribution in [0.25, 0.3) is 0 Å². The molecule has 1 fully saturated rings. The number of piperidine rings is 1. The van der Waals surface area contributed by atoms with Crippen molar-refractivity contribution in [3.63, 3.8) is 0 Å². The third-order valence-electron chi connectivity index (χ3n) is 4.85. The molecule has 25 heavy (non-hydrogen) atoms. The molecule has 0 amide bonds. The molecule has 0 radical (unpaired) electrons. The molecule has 0 aliphatic carbocycles. The van der Waals surface area contributed by atoms with Crippen molar-refractivity contribution in [1.29, 1.82) is 0 Å². The van der Waals surface area contributed by atoms with Crippen molar-refractivity contribution < 1.29 is 0 Å². The lowest BCUT2D eigenvalue weighted by Gasteiger charge is -2.30. The number of aryl methyl sites for hydroxylation is 3. The molecule has 1 aromatic rings. The molecule has 6 heteroatoms. The Bertz CT molecular complexity index is 536. The lowest BCUT2D eigenvalue weighted by atomic mass is 10.0. The molecule has 1 saturated heterocycles. The first-order valence-electron chi connectivity index (χ1n) is 9.76. The van der Waals surface area contributed by atoms with Gasteiger partial charge in [0.1, 0.15) is 0 Å². The Labute approximate surface area is 153 Å². The van der Waals surface area contributed by atoms with E-state index in [9.17, 15) is 0 Å². The van der Waals surface area contributed by atoms with Crippen LogP contribution < -0.4 is 10.6 Å². The predicted octanol–water partition coefficient (Wildman–Crippen LogP) is 2.18. The maximum atomic E-state index is 4.50. The van der Waals surface area contributed by atoms with E-state index in [1.807, 2.05) is 14.0 Å². The number of nitrogens with zero attached hydrogens (tertiary/aromatic N) is 4. The van der Waals surface area contributed by atoms with Crippen LogP contribution in [0.5, 0.6) is 0 Å². The maximum absolute atomic E-state index is 4.50. The summed E-state index contributed by atoms with van der Waals surface area (Å²) in [5.74, 6) is 1.76. The van der Waals surface area contributed by atoms with Crippen LogP contribution in [0.15, 0.2) is 11.1 Å². The van der Waals surface area contributed by atoms with Crippen molar-refractivity contribution in [2.45, 2.75) is 53.0 Å². The highest BCUT2D eigenvalue weighted by molar-refractivity contribution is 5.79. The molecule has 0 bridgehead atoms. The lowest BCUT2D eigenvalue weighted by Crippen LogP contribution is -2.40. The van der Waals surface area contributed by atoms with E-state index in [1.54, 1.807) is 0 Å². The average molecular weight is 349 g/mol. The van der Waals surface area contributed by atoms with Gasteiger partial charge in [-0.25, -0.2) is 0 Å². The topological polar surface area (TPSA) is 57.5 Å². The van der Waals surface area contributed by atoms with E-state index < -0.39 is 0 Å². The Morgan fingerprint density at radius 1 is 1.24 bits per heavy atom. The van der Waals surface area contributed by atoms with Gasteiger partial charge >= 0.3 is 0 Å². The number of aromatic nitrogens is 2. The Kier molecular flexibility index (Phi) is 8.25. The first kappa shape index (κ1) is 19.8. The van der Waals surface area contributed by atoms with Crippen molar-refractivity contribution in [1.82, 2.24) is 25.3 Å². The van der Waals surface area contributed by atoms with Gasteiger partial charge in [-0.2, -0.15) is 5.10 Å². The fourth-order valence-corrected chi connectivity index (χ4v) is 3.56. The lowest BCUT2D eigenvalue weighted by molar-refractivity contribution is 0.182. The van der Waals surface area contributed by atoms with E-state index >= 15 is 0 Å². The van der Waals surface area contributed by atoms with Gasteiger partial charge < -0.3 is 15.5 Å². The molecular formula is C19H36N6. The molecule has 2 N–H and O–H groups in total. The Morgan fingerprint density at radius 3 is 2.56 bits per heavy atom.